The fraction of sp³-hybridized carbons (Fsp3) is 0.429. The van der Waals surface area contributed by atoms with Gasteiger partial charge in [-0.1, -0.05) is 89.6 Å². The van der Waals surface area contributed by atoms with Crippen molar-refractivity contribution in [2.24, 2.45) is 11.8 Å². The Labute approximate surface area is 249 Å². The molecule has 7 nitrogen and oxygen atoms in total. The fourth-order valence-corrected chi connectivity index (χ4v) is 6.47. The maximum absolute atomic E-state index is 11.8. The summed E-state index contributed by atoms with van der Waals surface area (Å²) in [6.45, 7) is 19.1. The third kappa shape index (κ3) is 5.57. The summed E-state index contributed by atoms with van der Waals surface area (Å²) in [5.41, 5.74) is 5.48. The van der Waals surface area contributed by atoms with E-state index in [1.807, 2.05) is 59.4 Å². The van der Waals surface area contributed by atoms with Crippen molar-refractivity contribution in [2.75, 3.05) is 0 Å². The van der Waals surface area contributed by atoms with E-state index in [-0.39, 0.29) is 17.1 Å². The molecule has 7 heteroatoms. The molecule has 2 heterocycles. The van der Waals surface area contributed by atoms with Gasteiger partial charge in [0.25, 0.3) is 0 Å². The SMILES string of the molecule is C=C(C(C)CC)C(C)(Cn1nc2ccccc2n1)c1c(O)cccc1C(C)(CC(C)CC)Cn1nc2ccccc2n1. The third-order valence-electron chi connectivity index (χ3n) is 9.26. The number of phenols is 1. The van der Waals surface area contributed by atoms with Crippen LogP contribution in [0.15, 0.2) is 78.9 Å². The normalized spacial score (nSPS) is 16.2. The van der Waals surface area contributed by atoms with E-state index in [2.05, 4.69) is 54.2 Å². The molecule has 2 aromatic heterocycles. The summed E-state index contributed by atoms with van der Waals surface area (Å²) in [6.07, 6.45) is 2.91. The zero-order chi connectivity index (χ0) is 30.1. The minimum Gasteiger partial charge on any atom is -0.508 e. The van der Waals surface area contributed by atoms with Gasteiger partial charge in [-0.3, -0.25) is 0 Å². The molecule has 0 aliphatic heterocycles. The van der Waals surface area contributed by atoms with Gasteiger partial charge in [0.05, 0.1) is 13.1 Å². The highest BCUT2D eigenvalue weighted by Gasteiger charge is 2.42. The van der Waals surface area contributed by atoms with Gasteiger partial charge in [-0.25, -0.2) is 0 Å². The average Bonchev–Trinajstić information content (AvgIpc) is 3.58. The van der Waals surface area contributed by atoms with Crippen molar-refractivity contribution < 1.29 is 5.11 Å². The number of allylic oxidation sites excluding steroid dienone is 1. The van der Waals surface area contributed by atoms with Crippen LogP contribution in [0.25, 0.3) is 22.1 Å². The standard InChI is InChI=1S/C35H44N6O/c1-8-24(3)21-34(6,22-40-36-28-16-10-11-17-29(28)37-40)27-15-14-20-32(42)33(27)35(7,26(5)25(4)9-2)23-41-38-30-18-12-13-19-31(30)39-41/h10-20,24-25,42H,5,8-9,21-23H2,1-4,6-7H3. The van der Waals surface area contributed by atoms with Crippen LogP contribution in [0.3, 0.4) is 0 Å². The Morgan fingerprint density at radius 2 is 1.26 bits per heavy atom. The number of nitrogens with zero attached hydrogens (tertiary/aromatic N) is 6. The molecule has 5 aromatic rings. The molecular weight excluding hydrogens is 520 g/mol. The van der Waals surface area contributed by atoms with Crippen LogP contribution in [-0.2, 0) is 23.9 Å². The number of benzene rings is 3. The van der Waals surface area contributed by atoms with E-state index in [1.54, 1.807) is 10.9 Å². The van der Waals surface area contributed by atoms with Gasteiger partial charge in [0, 0.05) is 16.4 Å². The lowest BCUT2D eigenvalue weighted by Gasteiger charge is -2.41. The molecule has 220 valence electrons. The summed E-state index contributed by atoms with van der Waals surface area (Å²) in [4.78, 5) is 3.62. The van der Waals surface area contributed by atoms with Crippen molar-refractivity contribution in [3.05, 3.63) is 90.0 Å². The lowest BCUT2D eigenvalue weighted by Crippen LogP contribution is -2.39. The maximum atomic E-state index is 11.8. The van der Waals surface area contributed by atoms with Gasteiger partial charge >= 0.3 is 0 Å². The lowest BCUT2D eigenvalue weighted by molar-refractivity contribution is 0.271. The van der Waals surface area contributed by atoms with Crippen molar-refractivity contribution in [3.8, 4) is 5.75 Å². The highest BCUT2D eigenvalue weighted by Crippen LogP contribution is 2.48. The van der Waals surface area contributed by atoms with Gasteiger partial charge in [-0.15, -0.1) is 0 Å². The number of fused-ring (bicyclic) bond motifs is 2. The molecule has 4 atom stereocenters. The van der Waals surface area contributed by atoms with E-state index in [4.69, 9.17) is 20.4 Å². The summed E-state index contributed by atoms with van der Waals surface area (Å²) in [5, 5.41) is 31.1. The minimum atomic E-state index is -0.649. The van der Waals surface area contributed by atoms with Crippen LogP contribution in [0.4, 0.5) is 0 Å². The summed E-state index contributed by atoms with van der Waals surface area (Å²) >= 11 is 0. The third-order valence-corrected chi connectivity index (χ3v) is 9.26. The molecule has 3 aromatic carbocycles. The van der Waals surface area contributed by atoms with Gasteiger partial charge in [0.15, 0.2) is 0 Å². The van der Waals surface area contributed by atoms with Crippen LogP contribution in [-0.4, -0.2) is 35.1 Å². The van der Waals surface area contributed by atoms with E-state index in [1.165, 1.54) is 0 Å². The van der Waals surface area contributed by atoms with Crippen molar-refractivity contribution in [3.63, 3.8) is 0 Å². The summed E-state index contributed by atoms with van der Waals surface area (Å²) in [7, 11) is 0. The topological polar surface area (TPSA) is 81.6 Å². The molecule has 1 N–H and O–H groups in total. The Morgan fingerprint density at radius 3 is 1.74 bits per heavy atom. The molecule has 0 bridgehead atoms. The Morgan fingerprint density at radius 1 is 0.762 bits per heavy atom. The van der Waals surface area contributed by atoms with Crippen molar-refractivity contribution in [2.45, 2.75) is 84.7 Å². The first-order chi connectivity index (χ1) is 20.1. The highest BCUT2D eigenvalue weighted by atomic mass is 16.3. The first kappa shape index (κ1) is 29.5. The van der Waals surface area contributed by atoms with E-state index in [9.17, 15) is 5.11 Å². The van der Waals surface area contributed by atoms with Crippen LogP contribution in [0.5, 0.6) is 5.75 Å². The molecule has 42 heavy (non-hydrogen) atoms. The van der Waals surface area contributed by atoms with Crippen LogP contribution < -0.4 is 0 Å². The second kappa shape index (κ2) is 11.7. The quantitative estimate of drug-likeness (QED) is 0.156. The van der Waals surface area contributed by atoms with Crippen LogP contribution in [0, 0.1) is 11.8 Å². The van der Waals surface area contributed by atoms with Gasteiger partial charge < -0.3 is 5.11 Å². The van der Waals surface area contributed by atoms with Crippen LogP contribution >= 0.6 is 0 Å². The summed E-state index contributed by atoms with van der Waals surface area (Å²) in [6, 6.07) is 21.8. The summed E-state index contributed by atoms with van der Waals surface area (Å²) < 4.78 is 0. The molecule has 5 rings (SSSR count). The molecule has 0 aliphatic carbocycles. The number of rotatable bonds is 12. The molecule has 0 saturated carbocycles. The molecule has 0 saturated heterocycles. The van der Waals surface area contributed by atoms with Gasteiger partial charge in [-0.05, 0) is 67.5 Å². The monoisotopic (exact) mass is 564 g/mol. The van der Waals surface area contributed by atoms with E-state index < -0.39 is 5.41 Å². The maximum Gasteiger partial charge on any atom is 0.120 e. The zero-order valence-corrected chi connectivity index (χ0v) is 25.9. The number of phenolic OH excluding ortho intramolecular Hbond substituents is 1. The zero-order valence-electron chi connectivity index (χ0n) is 25.9. The van der Waals surface area contributed by atoms with Crippen molar-refractivity contribution in [1.82, 2.24) is 30.0 Å². The number of aromatic hydroxyl groups is 1. The largest absolute Gasteiger partial charge is 0.508 e. The Hall–Kier alpha value is -4.00. The molecular formula is C35H44N6O. The Bertz CT molecular complexity index is 1640. The van der Waals surface area contributed by atoms with Crippen LogP contribution in [0.1, 0.15) is 71.9 Å². The predicted octanol–water partition coefficient (Wildman–Crippen LogP) is 7.84. The Kier molecular flexibility index (Phi) is 8.22. The smallest absolute Gasteiger partial charge is 0.120 e. The molecule has 4 unspecified atom stereocenters. The fourth-order valence-electron chi connectivity index (χ4n) is 6.47. The van der Waals surface area contributed by atoms with E-state index in [0.29, 0.717) is 19.0 Å². The van der Waals surface area contributed by atoms with E-state index in [0.717, 1.165) is 58.0 Å². The second-order valence-electron chi connectivity index (χ2n) is 12.6. The van der Waals surface area contributed by atoms with Crippen molar-refractivity contribution >= 4 is 22.1 Å². The number of hydrogen-bond donors (Lipinski definition) is 1. The number of aromatic nitrogens is 6. The first-order valence-corrected chi connectivity index (χ1v) is 15.2. The number of hydrogen-bond acceptors (Lipinski definition) is 5. The molecule has 0 spiro atoms. The second-order valence-corrected chi connectivity index (χ2v) is 12.6. The van der Waals surface area contributed by atoms with Gasteiger partial charge in [0.2, 0.25) is 0 Å². The average molecular weight is 565 g/mol. The minimum absolute atomic E-state index is 0.228. The van der Waals surface area contributed by atoms with Crippen LogP contribution in [0.2, 0.25) is 0 Å². The summed E-state index contributed by atoms with van der Waals surface area (Å²) in [5.74, 6) is 0.953. The molecule has 0 aliphatic rings. The van der Waals surface area contributed by atoms with Crippen molar-refractivity contribution in [1.29, 1.82) is 0 Å². The molecule has 0 fully saturated rings. The van der Waals surface area contributed by atoms with Gasteiger partial charge in [0.1, 0.15) is 27.8 Å². The first-order valence-electron chi connectivity index (χ1n) is 15.2. The predicted molar refractivity (Wildman–Crippen MR) is 171 cm³/mol. The lowest BCUT2D eigenvalue weighted by atomic mass is 9.64. The molecule has 0 radical (unpaired) electrons. The van der Waals surface area contributed by atoms with E-state index >= 15 is 0 Å². The Balaban J connectivity index is 1.68. The molecule has 0 amide bonds. The highest BCUT2D eigenvalue weighted by molar-refractivity contribution is 5.73. The van der Waals surface area contributed by atoms with Gasteiger partial charge in [-0.2, -0.15) is 30.0 Å².